The molecule has 0 saturated heterocycles. The molecule has 0 aliphatic carbocycles. The molecule has 0 amide bonds. The molecule has 0 unspecified atom stereocenters. The summed E-state index contributed by atoms with van der Waals surface area (Å²) in [5, 5.41) is 0. The number of carbonyl (C=O) groups excluding carboxylic acids is 2. The standard InChI is InChI=1S/C15H9F3O3/c16-15(17,18)21-14-7-2-1-6-12(14)10-4-3-5-11(8-10)13(20)9-19/h1-9H. The van der Waals surface area contributed by atoms with Crippen molar-refractivity contribution < 1.29 is 27.5 Å². The summed E-state index contributed by atoms with van der Waals surface area (Å²) in [5.41, 5.74) is 0.627. The van der Waals surface area contributed by atoms with Gasteiger partial charge in [-0.3, -0.25) is 9.59 Å². The molecule has 0 aromatic heterocycles. The molecule has 108 valence electrons. The minimum absolute atomic E-state index is 0.101. The smallest absolute Gasteiger partial charge is 0.405 e. The average Bonchev–Trinajstić information content (AvgIpc) is 2.45. The highest BCUT2D eigenvalue weighted by atomic mass is 19.4. The molecule has 2 aromatic carbocycles. The van der Waals surface area contributed by atoms with Crippen LogP contribution in [0.3, 0.4) is 0 Å². The van der Waals surface area contributed by atoms with Gasteiger partial charge in [-0.05, 0) is 17.7 Å². The van der Waals surface area contributed by atoms with Gasteiger partial charge in [0.15, 0.2) is 6.29 Å². The Kier molecular flexibility index (Phi) is 4.07. The predicted molar refractivity (Wildman–Crippen MR) is 69.0 cm³/mol. The first-order valence-electron chi connectivity index (χ1n) is 5.85. The Morgan fingerprint density at radius 1 is 1.05 bits per heavy atom. The number of alkyl halides is 3. The molecule has 0 heterocycles. The number of ketones is 1. The number of carbonyl (C=O) groups is 2. The average molecular weight is 294 g/mol. The van der Waals surface area contributed by atoms with Gasteiger partial charge in [-0.2, -0.15) is 0 Å². The lowest BCUT2D eigenvalue weighted by atomic mass is 10.0. The molecule has 0 aliphatic heterocycles. The molecule has 2 rings (SSSR count). The maximum absolute atomic E-state index is 12.4. The Hall–Kier alpha value is -2.63. The van der Waals surface area contributed by atoms with Crippen molar-refractivity contribution in [2.24, 2.45) is 0 Å². The molecule has 21 heavy (non-hydrogen) atoms. The van der Waals surface area contributed by atoms with Gasteiger partial charge in [0, 0.05) is 11.1 Å². The summed E-state index contributed by atoms with van der Waals surface area (Å²) in [7, 11) is 0. The van der Waals surface area contributed by atoms with E-state index in [0.29, 0.717) is 5.56 Å². The second kappa shape index (κ2) is 5.78. The molecule has 0 bridgehead atoms. The van der Waals surface area contributed by atoms with Crippen molar-refractivity contribution in [1.29, 1.82) is 0 Å². The van der Waals surface area contributed by atoms with E-state index in [1.165, 1.54) is 42.5 Å². The molecule has 0 fully saturated rings. The van der Waals surface area contributed by atoms with E-state index in [2.05, 4.69) is 4.74 Å². The van der Waals surface area contributed by atoms with Crippen LogP contribution in [-0.4, -0.2) is 18.4 Å². The maximum atomic E-state index is 12.4. The minimum atomic E-state index is -4.81. The van der Waals surface area contributed by atoms with Crippen LogP contribution < -0.4 is 4.74 Å². The van der Waals surface area contributed by atoms with Crippen LogP contribution in [0.15, 0.2) is 48.5 Å². The fraction of sp³-hybridized carbons (Fsp3) is 0.0667. The van der Waals surface area contributed by atoms with E-state index in [-0.39, 0.29) is 23.2 Å². The third kappa shape index (κ3) is 3.68. The van der Waals surface area contributed by atoms with Gasteiger partial charge in [-0.1, -0.05) is 36.4 Å². The number of Topliss-reactive ketones (excluding diaryl/α,β-unsaturated/α-hetero) is 1. The molecule has 2 aromatic rings. The zero-order valence-corrected chi connectivity index (χ0v) is 10.6. The lowest BCUT2D eigenvalue weighted by Gasteiger charge is -2.13. The number of halogens is 3. The van der Waals surface area contributed by atoms with E-state index < -0.39 is 12.1 Å². The van der Waals surface area contributed by atoms with Crippen molar-refractivity contribution in [1.82, 2.24) is 0 Å². The van der Waals surface area contributed by atoms with Crippen molar-refractivity contribution in [3.05, 3.63) is 54.1 Å². The number of para-hydroxylation sites is 1. The zero-order valence-electron chi connectivity index (χ0n) is 10.6. The molecule has 6 heteroatoms. The fourth-order valence-electron chi connectivity index (χ4n) is 1.83. The van der Waals surface area contributed by atoms with E-state index in [0.717, 1.165) is 0 Å². The second-order valence-corrected chi connectivity index (χ2v) is 4.11. The van der Waals surface area contributed by atoms with Gasteiger partial charge in [0.2, 0.25) is 5.78 Å². The van der Waals surface area contributed by atoms with Gasteiger partial charge in [0.1, 0.15) is 5.75 Å². The largest absolute Gasteiger partial charge is 0.573 e. The SMILES string of the molecule is O=CC(=O)c1cccc(-c2ccccc2OC(F)(F)F)c1. The molecular weight excluding hydrogens is 285 g/mol. The van der Waals surface area contributed by atoms with Crippen molar-refractivity contribution in [3.8, 4) is 16.9 Å². The lowest BCUT2D eigenvalue weighted by molar-refractivity contribution is -0.274. The van der Waals surface area contributed by atoms with Crippen LogP contribution in [0.25, 0.3) is 11.1 Å². The summed E-state index contributed by atoms with van der Waals surface area (Å²) in [6.07, 6.45) is -4.66. The quantitative estimate of drug-likeness (QED) is 0.491. The van der Waals surface area contributed by atoms with Gasteiger partial charge >= 0.3 is 6.36 Å². The van der Waals surface area contributed by atoms with E-state index in [1.807, 2.05) is 0 Å². The van der Waals surface area contributed by atoms with E-state index in [9.17, 15) is 22.8 Å². The van der Waals surface area contributed by atoms with Crippen molar-refractivity contribution in [2.45, 2.75) is 6.36 Å². The molecule has 0 spiro atoms. The monoisotopic (exact) mass is 294 g/mol. The third-order valence-corrected chi connectivity index (χ3v) is 2.68. The van der Waals surface area contributed by atoms with Gasteiger partial charge in [-0.15, -0.1) is 13.2 Å². The zero-order chi connectivity index (χ0) is 15.5. The van der Waals surface area contributed by atoms with Gasteiger partial charge in [0.25, 0.3) is 0 Å². The summed E-state index contributed by atoms with van der Waals surface area (Å²) >= 11 is 0. The highest BCUT2D eigenvalue weighted by Crippen LogP contribution is 2.33. The number of rotatable bonds is 4. The molecule has 3 nitrogen and oxygen atoms in total. The summed E-state index contributed by atoms with van der Waals surface area (Å²) in [6, 6.07) is 11.3. The number of benzene rings is 2. The molecule has 0 N–H and O–H groups in total. The number of ether oxygens (including phenoxy) is 1. The number of hydrogen-bond donors (Lipinski definition) is 0. The van der Waals surface area contributed by atoms with Crippen molar-refractivity contribution in [2.75, 3.05) is 0 Å². The molecule has 0 saturated carbocycles. The summed E-state index contributed by atoms with van der Waals surface area (Å²) < 4.78 is 41.1. The Balaban J connectivity index is 2.47. The highest BCUT2D eigenvalue weighted by molar-refractivity contribution is 6.33. The Bertz CT molecular complexity index is 678. The van der Waals surface area contributed by atoms with E-state index >= 15 is 0 Å². The maximum Gasteiger partial charge on any atom is 0.573 e. The van der Waals surface area contributed by atoms with E-state index in [4.69, 9.17) is 0 Å². The normalized spacial score (nSPS) is 11.0. The van der Waals surface area contributed by atoms with E-state index in [1.54, 1.807) is 6.07 Å². The van der Waals surface area contributed by atoms with Gasteiger partial charge < -0.3 is 4.74 Å². The van der Waals surface area contributed by atoms with Gasteiger partial charge in [-0.25, -0.2) is 0 Å². The predicted octanol–water partition coefficient (Wildman–Crippen LogP) is 3.63. The topological polar surface area (TPSA) is 43.4 Å². The molecular formula is C15H9F3O3. The Morgan fingerprint density at radius 2 is 1.76 bits per heavy atom. The Morgan fingerprint density at radius 3 is 2.43 bits per heavy atom. The first-order chi connectivity index (χ1) is 9.90. The van der Waals surface area contributed by atoms with Crippen LogP contribution in [-0.2, 0) is 4.79 Å². The summed E-state index contributed by atoms with van der Waals surface area (Å²) in [6.45, 7) is 0. The summed E-state index contributed by atoms with van der Waals surface area (Å²) in [4.78, 5) is 21.8. The number of aldehydes is 1. The minimum Gasteiger partial charge on any atom is -0.405 e. The first-order valence-corrected chi connectivity index (χ1v) is 5.85. The molecule has 0 atom stereocenters. The van der Waals surface area contributed by atoms with Crippen molar-refractivity contribution in [3.63, 3.8) is 0 Å². The fourth-order valence-corrected chi connectivity index (χ4v) is 1.83. The van der Waals surface area contributed by atoms with Crippen LogP contribution in [0.4, 0.5) is 13.2 Å². The van der Waals surface area contributed by atoms with Crippen molar-refractivity contribution >= 4 is 12.1 Å². The summed E-state index contributed by atoms with van der Waals surface area (Å²) in [5.74, 6) is -1.12. The second-order valence-electron chi connectivity index (χ2n) is 4.11. The van der Waals surface area contributed by atoms with Crippen LogP contribution in [0, 0.1) is 0 Å². The van der Waals surface area contributed by atoms with Crippen LogP contribution in [0.5, 0.6) is 5.75 Å². The van der Waals surface area contributed by atoms with Crippen LogP contribution in [0.1, 0.15) is 10.4 Å². The lowest BCUT2D eigenvalue weighted by Crippen LogP contribution is -2.17. The van der Waals surface area contributed by atoms with Crippen LogP contribution >= 0.6 is 0 Å². The Labute approximate surface area is 118 Å². The van der Waals surface area contributed by atoms with Gasteiger partial charge in [0.05, 0.1) is 0 Å². The highest BCUT2D eigenvalue weighted by Gasteiger charge is 2.32. The third-order valence-electron chi connectivity index (χ3n) is 2.68. The molecule has 0 aliphatic rings. The van der Waals surface area contributed by atoms with Crippen LogP contribution in [0.2, 0.25) is 0 Å². The number of hydrogen-bond acceptors (Lipinski definition) is 3. The molecule has 0 radical (unpaired) electrons. The first kappa shape index (κ1) is 14.8.